The fourth-order valence-electron chi connectivity index (χ4n) is 1.99. The maximum Gasteiger partial charge on any atom is 0.224 e. The molecule has 3 nitrogen and oxygen atoms in total. The van der Waals surface area contributed by atoms with Gasteiger partial charge in [-0.05, 0) is 43.0 Å². The van der Waals surface area contributed by atoms with Crippen molar-refractivity contribution in [2.75, 3.05) is 5.32 Å². The van der Waals surface area contributed by atoms with Crippen LogP contribution in [0.1, 0.15) is 23.1 Å². The normalized spacial score (nSPS) is 10.3. The second kappa shape index (κ2) is 6.53. The third-order valence-corrected chi connectivity index (χ3v) is 3.58. The number of nitrogens with one attached hydrogen (secondary N) is 1. The van der Waals surface area contributed by atoms with Crippen molar-refractivity contribution in [3.05, 3.63) is 58.4 Å². The number of aromatic nitrogens is 1. The van der Waals surface area contributed by atoms with Crippen molar-refractivity contribution in [3.8, 4) is 0 Å². The van der Waals surface area contributed by atoms with Crippen molar-refractivity contribution in [3.63, 3.8) is 0 Å². The molecule has 2 aromatic rings. The molecule has 1 N–H and O–H groups in total. The van der Waals surface area contributed by atoms with E-state index in [1.165, 1.54) is 11.1 Å². The number of carbonyl (C=O) groups excluding carboxylic acids is 1. The van der Waals surface area contributed by atoms with Gasteiger partial charge in [0.1, 0.15) is 5.15 Å². The van der Waals surface area contributed by atoms with Crippen LogP contribution >= 0.6 is 11.6 Å². The number of aryl methyl sites for hydroxylation is 3. The summed E-state index contributed by atoms with van der Waals surface area (Å²) < 4.78 is 0. The number of halogens is 1. The predicted octanol–water partition coefficient (Wildman–Crippen LogP) is 3.92. The summed E-state index contributed by atoms with van der Waals surface area (Å²) in [6.07, 6.45) is 2.76. The Morgan fingerprint density at radius 2 is 2.00 bits per heavy atom. The highest BCUT2D eigenvalue weighted by atomic mass is 35.5. The maximum absolute atomic E-state index is 11.9. The van der Waals surface area contributed by atoms with Gasteiger partial charge in [-0.3, -0.25) is 4.79 Å². The fraction of sp³-hybridized carbons (Fsp3) is 0.250. The largest absolute Gasteiger partial charge is 0.325 e. The number of hydrogen-bond acceptors (Lipinski definition) is 2. The van der Waals surface area contributed by atoms with Gasteiger partial charge in [0.2, 0.25) is 5.91 Å². The summed E-state index contributed by atoms with van der Waals surface area (Å²) in [6.45, 7) is 3.91. The van der Waals surface area contributed by atoms with Crippen molar-refractivity contribution in [1.29, 1.82) is 0 Å². The fourth-order valence-corrected chi connectivity index (χ4v) is 2.09. The van der Waals surface area contributed by atoms with E-state index in [4.69, 9.17) is 11.6 Å². The number of rotatable bonds is 4. The van der Waals surface area contributed by atoms with Crippen LogP contribution in [0.15, 0.2) is 36.5 Å². The van der Waals surface area contributed by atoms with Crippen LogP contribution in [0.25, 0.3) is 0 Å². The van der Waals surface area contributed by atoms with E-state index in [1.807, 2.05) is 25.1 Å². The number of anilines is 1. The van der Waals surface area contributed by atoms with Gasteiger partial charge >= 0.3 is 0 Å². The lowest BCUT2D eigenvalue weighted by molar-refractivity contribution is -0.116. The predicted molar refractivity (Wildman–Crippen MR) is 82.1 cm³/mol. The Morgan fingerprint density at radius 3 is 2.70 bits per heavy atom. The van der Waals surface area contributed by atoms with Gasteiger partial charge in [0.05, 0.1) is 11.9 Å². The average Bonchev–Trinajstić information content (AvgIpc) is 2.42. The van der Waals surface area contributed by atoms with E-state index in [1.54, 1.807) is 6.20 Å². The topological polar surface area (TPSA) is 42.0 Å². The zero-order chi connectivity index (χ0) is 14.5. The van der Waals surface area contributed by atoms with Crippen molar-refractivity contribution in [1.82, 2.24) is 4.98 Å². The minimum absolute atomic E-state index is 0.0169. The first-order valence-electron chi connectivity index (χ1n) is 6.53. The zero-order valence-corrected chi connectivity index (χ0v) is 12.4. The van der Waals surface area contributed by atoms with Gasteiger partial charge in [0, 0.05) is 6.42 Å². The zero-order valence-electron chi connectivity index (χ0n) is 11.6. The molecule has 1 amide bonds. The molecule has 0 radical (unpaired) electrons. The Kier molecular flexibility index (Phi) is 4.74. The molecule has 0 unspecified atom stereocenters. The summed E-state index contributed by atoms with van der Waals surface area (Å²) in [5, 5.41) is 3.30. The smallest absolute Gasteiger partial charge is 0.224 e. The SMILES string of the molecule is Cc1ccccc1CCC(=O)Nc1cnc(Cl)c(C)c1. The van der Waals surface area contributed by atoms with Crippen molar-refractivity contribution >= 4 is 23.2 Å². The van der Waals surface area contributed by atoms with E-state index in [-0.39, 0.29) is 5.91 Å². The minimum Gasteiger partial charge on any atom is -0.325 e. The van der Waals surface area contributed by atoms with E-state index in [0.29, 0.717) is 17.3 Å². The lowest BCUT2D eigenvalue weighted by atomic mass is 10.0. The first kappa shape index (κ1) is 14.5. The summed E-state index contributed by atoms with van der Waals surface area (Å²) in [5.74, 6) is -0.0169. The molecule has 0 atom stereocenters. The van der Waals surface area contributed by atoms with Gasteiger partial charge in [-0.1, -0.05) is 35.9 Å². The number of amides is 1. The Labute approximate surface area is 124 Å². The second-order valence-electron chi connectivity index (χ2n) is 4.81. The van der Waals surface area contributed by atoms with Crippen LogP contribution in [0.5, 0.6) is 0 Å². The van der Waals surface area contributed by atoms with Crippen LogP contribution in [0.3, 0.4) is 0 Å². The summed E-state index contributed by atoms with van der Waals surface area (Å²) in [5.41, 5.74) is 3.95. The van der Waals surface area contributed by atoms with Gasteiger partial charge in [0.15, 0.2) is 0 Å². The summed E-state index contributed by atoms with van der Waals surface area (Å²) in [6, 6.07) is 9.92. The van der Waals surface area contributed by atoms with Gasteiger partial charge in [-0.15, -0.1) is 0 Å². The Balaban J connectivity index is 1.93. The molecule has 0 bridgehead atoms. The Morgan fingerprint density at radius 1 is 1.25 bits per heavy atom. The Hall–Kier alpha value is -1.87. The molecule has 0 spiro atoms. The highest BCUT2D eigenvalue weighted by Gasteiger charge is 2.06. The van der Waals surface area contributed by atoms with E-state index >= 15 is 0 Å². The maximum atomic E-state index is 11.9. The van der Waals surface area contributed by atoms with E-state index in [9.17, 15) is 4.79 Å². The molecule has 2 rings (SSSR count). The molecule has 104 valence electrons. The van der Waals surface area contributed by atoms with E-state index < -0.39 is 0 Å². The molecular weight excluding hydrogens is 272 g/mol. The highest BCUT2D eigenvalue weighted by Crippen LogP contribution is 2.16. The first-order chi connectivity index (χ1) is 9.56. The molecule has 0 saturated heterocycles. The molecule has 1 heterocycles. The molecule has 4 heteroatoms. The highest BCUT2D eigenvalue weighted by molar-refractivity contribution is 6.30. The van der Waals surface area contributed by atoms with Gasteiger partial charge in [0.25, 0.3) is 0 Å². The molecule has 1 aromatic heterocycles. The quantitative estimate of drug-likeness (QED) is 0.866. The average molecular weight is 289 g/mol. The lowest BCUT2D eigenvalue weighted by Crippen LogP contribution is -2.13. The number of carbonyl (C=O) groups is 1. The molecule has 20 heavy (non-hydrogen) atoms. The van der Waals surface area contributed by atoms with Crippen LogP contribution in [0, 0.1) is 13.8 Å². The summed E-state index contributed by atoms with van der Waals surface area (Å²) in [7, 11) is 0. The molecule has 0 fully saturated rings. The number of nitrogens with zero attached hydrogens (tertiary/aromatic N) is 1. The van der Waals surface area contributed by atoms with Gasteiger partial charge in [-0.25, -0.2) is 4.98 Å². The molecule has 1 aromatic carbocycles. The molecule has 0 aliphatic heterocycles. The molecule has 0 aliphatic rings. The number of pyridine rings is 1. The van der Waals surface area contributed by atoms with Crippen molar-refractivity contribution in [2.45, 2.75) is 26.7 Å². The van der Waals surface area contributed by atoms with Crippen LogP contribution in [0.2, 0.25) is 5.15 Å². The first-order valence-corrected chi connectivity index (χ1v) is 6.90. The van der Waals surface area contributed by atoms with Crippen molar-refractivity contribution < 1.29 is 4.79 Å². The van der Waals surface area contributed by atoms with Crippen LogP contribution < -0.4 is 5.32 Å². The molecule has 0 aliphatic carbocycles. The van der Waals surface area contributed by atoms with Gasteiger partial charge in [-0.2, -0.15) is 0 Å². The third-order valence-electron chi connectivity index (χ3n) is 3.18. The standard InChI is InChI=1S/C16H17ClN2O/c1-11-5-3-4-6-13(11)7-8-15(20)19-14-9-12(2)16(17)18-10-14/h3-6,9-10H,7-8H2,1-2H3,(H,19,20). The number of benzene rings is 1. The third kappa shape index (κ3) is 3.81. The number of hydrogen-bond donors (Lipinski definition) is 1. The Bertz CT molecular complexity index is 626. The van der Waals surface area contributed by atoms with Crippen LogP contribution in [-0.2, 0) is 11.2 Å². The van der Waals surface area contributed by atoms with E-state index in [2.05, 4.69) is 29.4 Å². The monoisotopic (exact) mass is 288 g/mol. The van der Waals surface area contributed by atoms with E-state index in [0.717, 1.165) is 12.0 Å². The van der Waals surface area contributed by atoms with Gasteiger partial charge < -0.3 is 5.32 Å². The molecule has 0 saturated carbocycles. The molecular formula is C16H17ClN2O. The summed E-state index contributed by atoms with van der Waals surface area (Å²) in [4.78, 5) is 15.9. The van der Waals surface area contributed by atoms with Crippen LogP contribution in [-0.4, -0.2) is 10.9 Å². The van der Waals surface area contributed by atoms with Crippen molar-refractivity contribution in [2.24, 2.45) is 0 Å². The minimum atomic E-state index is -0.0169. The van der Waals surface area contributed by atoms with Crippen LogP contribution in [0.4, 0.5) is 5.69 Å². The lowest BCUT2D eigenvalue weighted by Gasteiger charge is -2.08. The second-order valence-corrected chi connectivity index (χ2v) is 5.16. The summed E-state index contributed by atoms with van der Waals surface area (Å²) >= 11 is 5.85.